The molecule has 0 spiro atoms. The van der Waals surface area contributed by atoms with Crippen LogP contribution in [0.25, 0.3) is 0 Å². The van der Waals surface area contributed by atoms with Gasteiger partial charge in [0.15, 0.2) is 0 Å². The van der Waals surface area contributed by atoms with Gasteiger partial charge in [0, 0.05) is 19.5 Å². The third kappa shape index (κ3) is 4.44. The van der Waals surface area contributed by atoms with E-state index in [2.05, 4.69) is 5.32 Å². The van der Waals surface area contributed by atoms with Crippen molar-refractivity contribution in [3.05, 3.63) is 12.2 Å². The molecule has 0 aromatic carbocycles. The van der Waals surface area contributed by atoms with Crippen molar-refractivity contribution in [2.45, 2.75) is 25.3 Å². The quantitative estimate of drug-likeness (QED) is 0.612. The molecule has 3 N–H and O–H groups in total. The highest BCUT2D eigenvalue weighted by atomic mass is 16.4. The van der Waals surface area contributed by atoms with Gasteiger partial charge >= 0.3 is 18.0 Å². The van der Waals surface area contributed by atoms with Crippen LogP contribution in [0.15, 0.2) is 12.2 Å². The third-order valence-corrected chi connectivity index (χ3v) is 2.59. The van der Waals surface area contributed by atoms with Crippen LogP contribution in [0.5, 0.6) is 0 Å². The molecule has 0 aromatic heterocycles. The highest BCUT2D eigenvalue weighted by Crippen LogP contribution is 2.04. The first kappa shape index (κ1) is 14.0. The van der Waals surface area contributed by atoms with E-state index in [4.69, 9.17) is 10.2 Å². The van der Waals surface area contributed by atoms with Crippen LogP contribution in [0.4, 0.5) is 4.79 Å². The number of amides is 2. The molecule has 1 heterocycles. The van der Waals surface area contributed by atoms with E-state index in [9.17, 15) is 14.4 Å². The first-order valence-electron chi connectivity index (χ1n) is 5.65. The van der Waals surface area contributed by atoms with Gasteiger partial charge in [-0.15, -0.1) is 0 Å². The molecule has 0 unspecified atom stereocenters. The second-order valence-electron chi connectivity index (χ2n) is 3.98. The SMILES string of the molecule is O=C(O)CC[C@H](NC(=O)N1CC=CCC1)C(=O)O. The van der Waals surface area contributed by atoms with Crippen LogP contribution < -0.4 is 5.32 Å². The number of rotatable bonds is 5. The topological polar surface area (TPSA) is 107 Å². The van der Waals surface area contributed by atoms with Gasteiger partial charge in [0.05, 0.1) is 0 Å². The van der Waals surface area contributed by atoms with Crippen LogP contribution in [0.1, 0.15) is 19.3 Å². The smallest absolute Gasteiger partial charge is 0.326 e. The third-order valence-electron chi connectivity index (χ3n) is 2.59. The van der Waals surface area contributed by atoms with E-state index in [1.165, 1.54) is 4.90 Å². The van der Waals surface area contributed by atoms with Gasteiger partial charge in [-0.2, -0.15) is 0 Å². The molecule has 100 valence electrons. The van der Waals surface area contributed by atoms with E-state index in [0.717, 1.165) is 6.42 Å². The summed E-state index contributed by atoms with van der Waals surface area (Å²) in [4.78, 5) is 34.5. The number of hydrogen-bond acceptors (Lipinski definition) is 3. The number of carboxylic acid groups (broad SMARTS) is 2. The molecule has 0 aliphatic carbocycles. The average Bonchev–Trinajstić information content (AvgIpc) is 2.34. The predicted octanol–water partition coefficient (Wildman–Crippen LogP) is 0.276. The van der Waals surface area contributed by atoms with Crippen molar-refractivity contribution >= 4 is 18.0 Å². The van der Waals surface area contributed by atoms with Gasteiger partial charge in [0.1, 0.15) is 6.04 Å². The van der Waals surface area contributed by atoms with Gasteiger partial charge in [-0.3, -0.25) is 4.79 Å². The molecule has 0 saturated carbocycles. The Kier molecular flexibility index (Phi) is 5.16. The van der Waals surface area contributed by atoms with Crippen molar-refractivity contribution in [3.8, 4) is 0 Å². The standard InChI is InChI=1S/C11H16N2O5/c14-9(15)5-4-8(10(16)17)12-11(18)13-6-2-1-3-7-13/h1-2,8H,3-7H2,(H,12,18)(H,14,15)(H,16,17)/t8-/m0/s1. The maximum atomic E-state index is 11.7. The first-order valence-corrected chi connectivity index (χ1v) is 5.65. The van der Waals surface area contributed by atoms with E-state index >= 15 is 0 Å². The normalized spacial score (nSPS) is 16.1. The zero-order valence-electron chi connectivity index (χ0n) is 9.83. The van der Waals surface area contributed by atoms with Crippen LogP contribution in [0.2, 0.25) is 0 Å². The summed E-state index contributed by atoms with van der Waals surface area (Å²) in [5, 5.41) is 19.7. The number of nitrogens with zero attached hydrogens (tertiary/aromatic N) is 1. The van der Waals surface area contributed by atoms with E-state index in [0.29, 0.717) is 13.1 Å². The minimum atomic E-state index is -1.22. The van der Waals surface area contributed by atoms with Crippen molar-refractivity contribution in [1.82, 2.24) is 10.2 Å². The number of carboxylic acids is 2. The molecular weight excluding hydrogens is 240 g/mol. The van der Waals surface area contributed by atoms with Gasteiger partial charge in [-0.25, -0.2) is 9.59 Å². The Balaban J connectivity index is 2.49. The number of carbonyl (C=O) groups excluding carboxylic acids is 1. The van der Waals surface area contributed by atoms with Crippen molar-refractivity contribution in [2.75, 3.05) is 13.1 Å². The Hall–Kier alpha value is -2.05. The summed E-state index contributed by atoms with van der Waals surface area (Å²) in [6, 6.07) is -1.64. The Morgan fingerprint density at radius 3 is 2.50 bits per heavy atom. The summed E-state index contributed by atoms with van der Waals surface area (Å²) in [6.07, 6.45) is 4.09. The summed E-state index contributed by atoms with van der Waals surface area (Å²) in [7, 11) is 0. The molecule has 0 saturated heterocycles. The molecule has 1 rings (SSSR count). The predicted molar refractivity (Wildman–Crippen MR) is 62.2 cm³/mol. The fraction of sp³-hybridized carbons (Fsp3) is 0.545. The second-order valence-corrected chi connectivity index (χ2v) is 3.98. The lowest BCUT2D eigenvalue weighted by Gasteiger charge is -2.25. The second kappa shape index (κ2) is 6.63. The largest absolute Gasteiger partial charge is 0.481 e. The number of nitrogens with one attached hydrogen (secondary N) is 1. The van der Waals surface area contributed by atoms with Crippen molar-refractivity contribution in [2.24, 2.45) is 0 Å². The van der Waals surface area contributed by atoms with Crippen LogP contribution in [0, 0.1) is 0 Å². The van der Waals surface area contributed by atoms with Crippen LogP contribution in [-0.2, 0) is 9.59 Å². The van der Waals surface area contributed by atoms with Gasteiger partial charge in [-0.1, -0.05) is 12.2 Å². The zero-order valence-corrected chi connectivity index (χ0v) is 9.83. The van der Waals surface area contributed by atoms with Crippen LogP contribution >= 0.6 is 0 Å². The summed E-state index contributed by atoms with van der Waals surface area (Å²) in [6.45, 7) is 0.977. The molecule has 0 radical (unpaired) electrons. The summed E-state index contributed by atoms with van der Waals surface area (Å²) in [5.41, 5.74) is 0. The Morgan fingerprint density at radius 1 is 1.28 bits per heavy atom. The Labute approximate surface area is 104 Å². The fourth-order valence-corrected chi connectivity index (χ4v) is 1.59. The molecule has 1 aliphatic rings. The monoisotopic (exact) mass is 256 g/mol. The molecule has 18 heavy (non-hydrogen) atoms. The molecule has 1 atom stereocenters. The Bertz CT molecular complexity index is 366. The summed E-state index contributed by atoms with van der Waals surface area (Å²) >= 11 is 0. The van der Waals surface area contributed by atoms with Crippen molar-refractivity contribution < 1.29 is 24.6 Å². The molecule has 7 nitrogen and oxygen atoms in total. The average molecular weight is 256 g/mol. The van der Waals surface area contributed by atoms with Crippen molar-refractivity contribution in [1.29, 1.82) is 0 Å². The minimum absolute atomic E-state index is 0.125. The zero-order chi connectivity index (χ0) is 13.5. The number of carbonyl (C=O) groups is 3. The van der Waals surface area contributed by atoms with E-state index in [1.54, 1.807) is 0 Å². The summed E-state index contributed by atoms with van der Waals surface area (Å²) in [5.74, 6) is -2.31. The lowest BCUT2D eigenvalue weighted by atomic mass is 10.1. The van der Waals surface area contributed by atoms with E-state index in [1.807, 2.05) is 12.2 Å². The van der Waals surface area contributed by atoms with Gasteiger partial charge < -0.3 is 20.4 Å². The van der Waals surface area contributed by atoms with Crippen molar-refractivity contribution in [3.63, 3.8) is 0 Å². The van der Waals surface area contributed by atoms with E-state index in [-0.39, 0.29) is 12.8 Å². The Morgan fingerprint density at radius 2 is 2.00 bits per heavy atom. The number of urea groups is 1. The molecule has 7 heteroatoms. The molecule has 0 aromatic rings. The molecule has 1 aliphatic heterocycles. The van der Waals surface area contributed by atoms with E-state index < -0.39 is 24.0 Å². The number of aliphatic carboxylic acids is 2. The highest BCUT2D eigenvalue weighted by molar-refractivity contribution is 5.83. The van der Waals surface area contributed by atoms with Gasteiger partial charge in [0.2, 0.25) is 0 Å². The fourth-order valence-electron chi connectivity index (χ4n) is 1.59. The highest BCUT2D eigenvalue weighted by Gasteiger charge is 2.23. The lowest BCUT2D eigenvalue weighted by Crippen LogP contribution is -2.48. The van der Waals surface area contributed by atoms with Gasteiger partial charge in [-0.05, 0) is 12.8 Å². The molecule has 0 fully saturated rings. The molecular formula is C11H16N2O5. The molecule has 2 amide bonds. The summed E-state index contributed by atoms with van der Waals surface area (Å²) < 4.78 is 0. The minimum Gasteiger partial charge on any atom is -0.481 e. The van der Waals surface area contributed by atoms with Crippen LogP contribution in [0.3, 0.4) is 0 Å². The van der Waals surface area contributed by atoms with Gasteiger partial charge in [0.25, 0.3) is 0 Å². The number of hydrogen-bond donors (Lipinski definition) is 3. The molecule has 0 bridgehead atoms. The maximum absolute atomic E-state index is 11.7. The van der Waals surface area contributed by atoms with Crippen LogP contribution in [-0.4, -0.2) is 52.2 Å². The lowest BCUT2D eigenvalue weighted by molar-refractivity contribution is -0.140. The maximum Gasteiger partial charge on any atom is 0.326 e. The first-order chi connectivity index (χ1) is 8.50.